The molecular formula is C118H78N22. The maximum atomic E-state index is 10.4. The van der Waals surface area contributed by atoms with E-state index in [1.165, 1.54) is 25.3 Å². The van der Waals surface area contributed by atoms with Crippen LogP contribution in [-0.2, 0) is 25.6 Å². The third-order valence-electron chi connectivity index (χ3n) is 26.4. The Morgan fingerprint density at radius 1 is 0.193 bits per heavy atom. The first-order chi connectivity index (χ1) is 70.2. The van der Waals surface area contributed by atoms with Crippen LogP contribution < -0.4 is 0 Å². The maximum Gasteiger partial charge on any atom is 0.220 e. The number of nitrogens with zero attached hydrogens (tertiary/aromatic N) is 22. The largest absolute Gasteiger partial charge is 0.278 e. The zero-order valence-corrected chi connectivity index (χ0v) is 74.9. The van der Waals surface area contributed by atoms with Crippen LogP contribution in [0.3, 0.4) is 0 Å². The van der Waals surface area contributed by atoms with Crippen molar-refractivity contribution in [2.45, 2.75) is 25.6 Å². The van der Waals surface area contributed by atoms with Crippen LogP contribution in [0.4, 0.5) is 0 Å². The van der Waals surface area contributed by atoms with Crippen molar-refractivity contribution in [1.29, 1.82) is 0 Å². The predicted molar refractivity (Wildman–Crippen MR) is 553 cm³/mol. The van der Waals surface area contributed by atoms with E-state index in [2.05, 4.69) is 302 Å². The lowest BCUT2D eigenvalue weighted by Gasteiger charge is -2.16. The standard InChI is InChI=1S/C78H52N10.C40H26N12/c1-7-26-51(27-8-1)69-61(79-73(53-30-11-3-12-31-53)75(81-69)55-34-15-5-16-35-55)48-57-38-23-46-67-71(57)83-77-85(63-42-19-21-44-65(63)87(67)77)59-40-25-41-60(50-59)86-64-43-20-22-45-66(64)88-68-47-24-39-58(72(68)84-78(86)88)49-62-70(52-28-9-2-10-29-52)82-76(56-36-17-6-18-37-56)74(80-62)54-32-13-4-14-33-54;1-3-14-31-29(12-1)49(39-47-37-25(8-5-16-33(37)51(31)39)18-35-43-21-41-22-44-35)27-10-7-11-28(20-27)50-30-13-2-4-15-32(30)52-34-17-6-9-26(38(34)48-40(50)52)19-36-45-23-42-24-46-36/h1-47,50H,48-49H2;1-17,20-24H,18-19H2/i48D2;. The zero-order valence-electron chi connectivity index (χ0n) is 76.9. The summed E-state index contributed by atoms with van der Waals surface area (Å²) in [5, 5.41) is 0. The molecule has 0 aliphatic rings. The van der Waals surface area contributed by atoms with Crippen LogP contribution in [0, 0.1) is 0 Å². The first-order valence-corrected chi connectivity index (χ1v) is 46.4. The van der Waals surface area contributed by atoms with E-state index >= 15 is 0 Å². The molecule has 0 radical (unpaired) electrons. The Morgan fingerprint density at radius 2 is 0.429 bits per heavy atom. The molecule has 0 amide bonds. The van der Waals surface area contributed by atoms with Gasteiger partial charge >= 0.3 is 0 Å². The molecule has 0 unspecified atom stereocenters. The van der Waals surface area contributed by atoms with E-state index in [-0.39, 0.29) is 5.69 Å². The molecule has 28 rings (SSSR count). The Morgan fingerprint density at radius 3 is 0.743 bits per heavy atom. The van der Waals surface area contributed by atoms with E-state index in [4.69, 9.17) is 39.9 Å². The third-order valence-corrected chi connectivity index (χ3v) is 26.4. The molecule has 0 fully saturated rings. The minimum Gasteiger partial charge on any atom is -0.278 e. The highest BCUT2D eigenvalue weighted by atomic mass is 15.3. The Kier molecular flexibility index (Phi) is 18.7. The summed E-state index contributed by atoms with van der Waals surface area (Å²) < 4.78 is 38.6. The van der Waals surface area contributed by atoms with Gasteiger partial charge in [0.2, 0.25) is 23.1 Å². The van der Waals surface area contributed by atoms with Crippen molar-refractivity contribution in [3.8, 4) is 90.3 Å². The molecule has 0 saturated heterocycles. The fourth-order valence-corrected chi connectivity index (χ4v) is 20.2. The minimum atomic E-state index is -2.19. The molecule has 660 valence electrons. The van der Waals surface area contributed by atoms with Crippen LogP contribution >= 0.6 is 0 Å². The van der Waals surface area contributed by atoms with Crippen molar-refractivity contribution in [3.63, 3.8) is 0 Å². The number of aromatic nitrogens is 22. The molecule has 0 aliphatic heterocycles. The Hall–Kier alpha value is -19.2. The van der Waals surface area contributed by atoms with Crippen LogP contribution in [-0.4, -0.2) is 106 Å². The first kappa shape index (κ1) is 78.3. The van der Waals surface area contributed by atoms with Gasteiger partial charge in [0.1, 0.15) is 37.0 Å². The van der Waals surface area contributed by atoms with Crippen molar-refractivity contribution in [2.75, 3.05) is 0 Å². The lowest BCUT2D eigenvalue weighted by molar-refractivity contribution is 0.920. The van der Waals surface area contributed by atoms with E-state index in [9.17, 15) is 2.74 Å². The predicted octanol–water partition coefficient (Wildman–Crippen LogP) is 24.7. The van der Waals surface area contributed by atoms with Crippen LogP contribution in [0.5, 0.6) is 0 Å². The second-order valence-electron chi connectivity index (χ2n) is 34.6. The normalized spacial score (nSPS) is 12.1. The highest BCUT2D eigenvalue weighted by molar-refractivity contribution is 5.99. The van der Waals surface area contributed by atoms with Crippen LogP contribution in [0.1, 0.15) is 48.0 Å². The molecule has 0 N–H and O–H groups in total. The molecule has 0 aliphatic carbocycles. The summed E-state index contributed by atoms with van der Waals surface area (Å²) in [5.74, 6) is 4.46. The molecule has 16 aromatic carbocycles. The number of rotatable bonds is 18. The molecule has 0 spiro atoms. The lowest BCUT2D eigenvalue weighted by atomic mass is 9.99. The van der Waals surface area contributed by atoms with Gasteiger partial charge in [-0.25, -0.2) is 69.8 Å². The van der Waals surface area contributed by atoms with E-state index in [1.807, 2.05) is 164 Å². The smallest absolute Gasteiger partial charge is 0.220 e. The van der Waals surface area contributed by atoms with Crippen molar-refractivity contribution in [1.82, 2.24) is 106 Å². The van der Waals surface area contributed by atoms with E-state index in [1.54, 1.807) is 0 Å². The van der Waals surface area contributed by atoms with E-state index in [0.717, 1.165) is 196 Å². The van der Waals surface area contributed by atoms with Crippen molar-refractivity contribution in [2.24, 2.45) is 0 Å². The van der Waals surface area contributed by atoms with Gasteiger partial charge < -0.3 is 0 Å². The van der Waals surface area contributed by atoms with Gasteiger partial charge in [-0.1, -0.05) is 291 Å². The van der Waals surface area contributed by atoms with Gasteiger partial charge in [0.05, 0.1) is 157 Å². The number of hydrogen-bond donors (Lipinski definition) is 0. The summed E-state index contributed by atoms with van der Waals surface area (Å²) in [5.41, 5.74) is 33.1. The SMILES string of the molecule is [2H]C([2H])(c1nc(-c2ccccc2)c(-c2ccccc2)nc1-c1ccccc1)c1cccc2c1nc1n(-c3cccc(-n4c5ccccc5n5c6cccc(Cc7nc(-c8ccccc8)c(-c8ccccc8)nc7-c7ccccc7)c6nc45)c3)c3ccccc3n21.c1cc(-n2c3ccccc3n3c4cccc(Cc5ncncn5)c4nc23)cc(-n2c3ccccc3n3c4cccc(Cc5ncncn5)c4nc23)c1. The van der Waals surface area contributed by atoms with Crippen LogP contribution in [0.15, 0.2) is 426 Å². The van der Waals surface area contributed by atoms with Crippen LogP contribution in [0.25, 0.3) is 202 Å². The van der Waals surface area contributed by atoms with Gasteiger partial charge in [0.25, 0.3) is 0 Å². The molecule has 140 heavy (non-hydrogen) atoms. The Bertz CT molecular complexity index is 9600. The molecule has 22 heteroatoms. The summed E-state index contributed by atoms with van der Waals surface area (Å²) in [7, 11) is 0. The first-order valence-electron chi connectivity index (χ1n) is 47.4. The van der Waals surface area contributed by atoms with Gasteiger partial charge in [-0.2, -0.15) is 0 Å². The average molecular weight is 1810 g/mol. The Labute approximate surface area is 801 Å². The van der Waals surface area contributed by atoms with Crippen molar-refractivity contribution in [3.05, 3.63) is 471 Å². The molecule has 0 bridgehead atoms. The van der Waals surface area contributed by atoms with Crippen LogP contribution in [0.2, 0.25) is 0 Å². The van der Waals surface area contributed by atoms with Gasteiger partial charge in [0.15, 0.2) is 0 Å². The molecule has 0 atom stereocenters. The molecule has 0 saturated carbocycles. The molecule has 12 aromatic heterocycles. The monoisotopic (exact) mass is 1800 g/mol. The van der Waals surface area contributed by atoms with E-state index < -0.39 is 6.37 Å². The highest BCUT2D eigenvalue weighted by Gasteiger charge is 2.29. The summed E-state index contributed by atoms with van der Waals surface area (Å²) in [6, 6.07) is 136. The average Bonchev–Trinajstić information content (AvgIpc) is 1.56. The third kappa shape index (κ3) is 13.5. The van der Waals surface area contributed by atoms with Crippen molar-refractivity contribution >= 4 is 111 Å². The Balaban J connectivity index is 0.000000164. The summed E-state index contributed by atoms with van der Waals surface area (Å²) in [6.07, 6.45) is 5.53. The lowest BCUT2D eigenvalue weighted by Crippen LogP contribution is -2.05. The topological polar surface area (TPSA) is 218 Å². The molecule has 22 nitrogen and oxygen atoms in total. The number of imidazole rings is 8. The minimum absolute atomic E-state index is 0.196. The molecule has 28 aromatic rings. The van der Waals surface area contributed by atoms with Crippen molar-refractivity contribution < 1.29 is 2.74 Å². The number of para-hydroxylation sites is 12. The molecule has 12 heterocycles. The maximum absolute atomic E-state index is 10.4. The highest BCUT2D eigenvalue weighted by Crippen LogP contribution is 2.43. The quantitative estimate of drug-likeness (QED) is 0.0781. The second kappa shape index (κ2) is 33.4. The van der Waals surface area contributed by atoms with Gasteiger partial charge in [-0.15, -0.1) is 0 Å². The van der Waals surface area contributed by atoms with Gasteiger partial charge in [-0.05, 0) is 131 Å². The number of fused-ring (bicyclic) bond motifs is 20. The van der Waals surface area contributed by atoms with Gasteiger partial charge in [-0.3, -0.25) is 35.9 Å². The number of benzene rings is 16. The zero-order chi connectivity index (χ0) is 94.0. The summed E-state index contributed by atoms with van der Waals surface area (Å²) in [6.45, 7) is 0. The summed E-state index contributed by atoms with van der Waals surface area (Å²) >= 11 is 0. The second-order valence-corrected chi connectivity index (χ2v) is 34.6. The fraction of sp³-hybridized carbons (Fsp3) is 0.0339. The van der Waals surface area contributed by atoms with E-state index in [0.29, 0.717) is 64.9 Å². The fourth-order valence-electron chi connectivity index (χ4n) is 20.2. The molecular weight excluding hydrogens is 1730 g/mol. The van der Waals surface area contributed by atoms with Gasteiger partial charge in [0, 0.05) is 61.8 Å². The number of hydrogen-bond acceptors (Lipinski definition) is 14. The summed E-state index contributed by atoms with van der Waals surface area (Å²) in [4.78, 5) is 69.1.